The van der Waals surface area contributed by atoms with E-state index in [9.17, 15) is 4.79 Å². The average molecular weight is 391 g/mol. The van der Waals surface area contributed by atoms with Crippen LogP contribution in [0.15, 0.2) is 46.4 Å². The first-order valence-electron chi connectivity index (χ1n) is 6.99. The third-order valence-corrected chi connectivity index (χ3v) is 4.98. The summed E-state index contributed by atoms with van der Waals surface area (Å²) in [5, 5.41) is 12.7. The third-order valence-electron chi connectivity index (χ3n) is 3.36. The van der Waals surface area contributed by atoms with Gasteiger partial charge >= 0.3 is 0 Å². The number of carbonyl (C=O) groups excluding carboxylic acids is 1. The Balaban J connectivity index is 1.77. The van der Waals surface area contributed by atoms with Crippen molar-refractivity contribution in [2.45, 2.75) is 19.4 Å². The fraction of sp³-hybridized carbons (Fsp3) is 0.188. The minimum absolute atomic E-state index is 0.207. The molecule has 0 atom stereocenters. The standard InChI is InChI=1S/C16H15BrN4OS/c1-16(2,15-18-7-8-23-15)19-14(22)13-9-12(20-21-13)10-3-5-11(17)6-4-10/h3-9H,1-2H3,(H,19,22)(H,20,21). The van der Waals surface area contributed by atoms with E-state index in [1.54, 1.807) is 12.3 Å². The van der Waals surface area contributed by atoms with Gasteiger partial charge in [-0.25, -0.2) is 4.98 Å². The number of carbonyl (C=O) groups is 1. The van der Waals surface area contributed by atoms with Gasteiger partial charge in [-0.1, -0.05) is 28.1 Å². The van der Waals surface area contributed by atoms with E-state index in [0.717, 1.165) is 20.7 Å². The highest BCUT2D eigenvalue weighted by molar-refractivity contribution is 9.10. The molecule has 0 aliphatic carbocycles. The molecule has 1 amide bonds. The Labute approximate surface area is 146 Å². The first-order chi connectivity index (χ1) is 11.0. The largest absolute Gasteiger partial charge is 0.339 e. The topological polar surface area (TPSA) is 70.7 Å². The van der Waals surface area contributed by atoms with Crippen LogP contribution < -0.4 is 5.32 Å². The molecule has 0 saturated heterocycles. The molecule has 2 heterocycles. The van der Waals surface area contributed by atoms with E-state index in [-0.39, 0.29) is 5.91 Å². The van der Waals surface area contributed by atoms with Crippen LogP contribution >= 0.6 is 27.3 Å². The molecule has 2 N–H and O–H groups in total. The van der Waals surface area contributed by atoms with E-state index in [1.165, 1.54) is 11.3 Å². The molecule has 0 aliphatic rings. The number of aromatic amines is 1. The fourth-order valence-corrected chi connectivity index (χ4v) is 3.13. The summed E-state index contributed by atoms with van der Waals surface area (Å²) in [6.07, 6.45) is 1.73. The van der Waals surface area contributed by atoms with Gasteiger partial charge < -0.3 is 5.32 Å². The quantitative estimate of drug-likeness (QED) is 0.707. The van der Waals surface area contributed by atoms with Gasteiger partial charge in [-0.05, 0) is 32.0 Å². The molecule has 1 aromatic carbocycles. The van der Waals surface area contributed by atoms with Crippen molar-refractivity contribution in [2.24, 2.45) is 0 Å². The summed E-state index contributed by atoms with van der Waals surface area (Å²) in [4.78, 5) is 16.7. The van der Waals surface area contributed by atoms with Gasteiger partial charge in [0.2, 0.25) is 0 Å². The van der Waals surface area contributed by atoms with E-state index in [4.69, 9.17) is 0 Å². The van der Waals surface area contributed by atoms with Crippen LogP contribution in [0.2, 0.25) is 0 Å². The Hall–Kier alpha value is -1.99. The summed E-state index contributed by atoms with van der Waals surface area (Å²) in [5.41, 5.74) is 1.57. The minimum Gasteiger partial charge on any atom is -0.339 e. The zero-order chi connectivity index (χ0) is 16.4. The molecule has 0 aliphatic heterocycles. The fourth-order valence-electron chi connectivity index (χ4n) is 2.14. The lowest BCUT2D eigenvalue weighted by atomic mass is 10.1. The minimum atomic E-state index is -0.534. The normalized spacial score (nSPS) is 11.4. The Morgan fingerprint density at radius 2 is 2.04 bits per heavy atom. The van der Waals surface area contributed by atoms with Crippen molar-refractivity contribution in [3.8, 4) is 11.3 Å². The lowest BCUT2D eigenvalue weighted by Crippen LogP contribution is -2.41. The number of nitrogens with one attached hydrogen (secondary N) is 2. The van der Waals surface area contributed by atoms with Crippen molar-refractivity contribution in [2.75, 3.05) is 0 Å². The molecule has 118 valence electrons. The van der Waals surface area contributed by atoms with E-state index in [0.29, 0.717) is 5.69 Å². The van der Waals surface area contributed by atoms with Crippen molar-refractivity contribution in [1.29, 1.82) is 0 Å². The number of hydrogen-bond acceptors (Lipinski definition) is 4. The summed E-state index contributed by atoms with van der Waals surface area (Å²) >= 11 is 4.92. The maximum atomic E-state index is 12.4. The summed E-state index contributed by atoms with van der Waals surface area (Å²) in [5.74, 6) is -0.207. The number of thiazole rings is 1. The highest BCUT2D eigenvalue weighted by atomic mass is 79.9. The van der Waals surface area contributed by atoms with Crippen LogP contribution in [0, 0.1) is 0 Å². The number of halogens is 1. The summed E-state index contributed by atoms with van der Waals surface area (Å²) < 4.78 is 1.000. The lowest BCUT2D eigenvalue weighted by molar-refractivity contribution is 0.0906. The molecule has 3 aromatic rings. The average Bonchev–Trinajstić information content (AvgIpc) is 3.20. The Bertz CT molecular complexity index is 809. The first kappa shape index (κ1) is 15.9. The molecule has 0 spiro atoms. The SMILES string of the molecule is CC(C)(NC(=O)c1cc(-c2ccc(Br)cc2)n[nH]1)c1nccs1. The highest BCUT2D eigenvalue weighted by Crippen LogP contribution is 2.24. The van der Waals surface area contributed by atoms with Gasteiger partial charge in [0.1, 0.15) is 10.7 Å². The van der Waals surface area contributed by atoms with Gasteiger partial charge in [0.05, 0.1) is 11.2 Å². The van der Waals surface area contributed by atoms with Crippen LogP contribution in [0.5, 0.6) is 0 Å². The Morgan fingerprint density at radius 3 is 2.70 bits per heavy atom. The smallest absolute Gasteiger partial charge is 0.270 e. The second kappa shape index (κ2) is 6.25. The van der Waals surface area contributed by atoms with Crippen LogP contribution in [-0.4, -0.2) is 21.1 Å². The van der Waals surface area contributed by atoms with Crippen molar-refractivity contribution in [3.05, 3.63) is 57.1 Å². The molecule has 0 fully saturated rings. The van der Waals surface area contributed by atoms with E-state index >= 15 is 0 Å². The molecule has 2 aromatic heterocycles. The molecular weight excluding hydrogens is 376 g/mol. The van der Waals surface area contributed by atoms with Crippen LogP contribution in [-0.2, 0) is 5.54 Å². The van der Waals surface area contributed by atoms with Gasteiger partial charge in [-0.2, -0.15) is 5.10 Å². The van der Waals surface area contributed by atoms with Gasteiger partial charge in [-0.3, -0.25) is 9.89 Å². The number of hydrogen-bond donors (Lipinski definition) is 2. The summed E-state index contributed by atoms with van der Waals surface area (Å²) in [6, 6.07) is 9.52. The third kappa shape index (κ3) is 3.51. The van der Waals surface area contributed by atoms with Gasteiger partial charge in [0.25, 0.3) is 5.91 Å². The van der Waals surface area contributed by atoms with Crippen LogP contribution in [0.4, 0.5) is 0 Å². The molecule has 3 rings (SSSR count). The van der Waals surface area contributed by atoms with E-state index in [2.05, 4.69) is 36.4 Å². The van der Waals surface area contributed by atoms with Crippen molar-refractivity contribution >= 4 is 33.2 Å². The second-order valence-corrected chi connectivity index (χ2v) is 7.40. The zero-order valence-electron chi connectivity index (χ0n) is 12.6. The van der Waals surface area contributed by atoms with Gasteiger partial charge in [0, 0.05) is 21.6 Å². The number of H-pyrrole nitrogens is 1. The maximum absolute atomic E-state index is 12.4. The predicted octanol–water partition coefficient (Wildman–Crippen LogP) is 3.96. The summed E-state index contributed by atoms with van der Waals surface area (Å²) in [7, 11) is 0. The second-order valence-electron chi connectivity index (χ2n) is 5.59. The van der Waals surface area contributed by atoms with Crippen LogP contribution in [0.3, 0.4) is 0 Å². The predicted molar refractivity (Wildman–Crippen MR) is 94.3 cm³/mol. The molecule has 0 bridgehead atoms. The number of benzene rings is 1. The Kier molecular flexibility index (Phi) is 4.32. The van der Waals surface area contributed by atoms with Crippen molar-refractivity contribution in [3.63, 3.8) is 0 Å². The van der Waals surface area contributed by atoms with Gasteiger partial charge in [0.15, 0.2) is 0 Å². The Morgan fingerprint density at radius 1 is 1.30 bits per heavy atom. The van der Waals surface area contributed by atoms with E-state index in [1.807, 2.05) is 43.5 Å². The van der Waals surface area contributed by atoms with Gasteiger partial charge in [-0.15, -0.1) is 11.3 Å². The molecule has 5 nitrogen and oxygen atoms in total. The highest BCUT2D eigenvalue weighted by Gasteiger charge is 2.26. The zero-order valence-corrected chi connectivity index (χ0v) is 15.0. The lowest BCUT2D eigenvalue weighted by Gasteiger charge is -2.23. The monoisotopic (exact) mass is 390 g/mol. The van der Waals surface area contributed by atoms with Crippen LogP contribution in [0.25, 0.3) is 11.3 Å². The number of aromatic nitrogens is 3. The first-order valence-corrected chi connectivity index (χ1v) is 8.67. The summed E-state index contributed by atoms with van der Waals surface area (Å²) in [6.45, 7) is 3.85. The molecule has 0 unspecified atom stereocenters. The molecule has 23 heavy (non-hydrogen) atoms. The maximum Gasteiger partial charge on any atom is 0.270 e. The van der Waals surface area contributed by atoms with Crippen molar-refractivity contribution in [1.82, 2.24) is 20.5 Å². The number of rotatable bonds is 4. The molecule has 0 saturated carbocycles. The van der Waals surface area contributed by atoms with Crippen LogP contribution in [0.1, 0.15) is 29.3 Å². The number of amides is 1. The van der Waals surface area contributed by atoms with E-state index < -0.39 is 5.54 Å². The molecule has 0 radical (unpaired) electrons. The number of nitrogens with zero attached hydrogens (tertiary/aromatic N) is 2. The molecule has 7 heteroatoms. The molecular formula is C16H15BrN4OS. The van der Waals surface area contributed by atoms with Crippen molar-refractivity contribution < 1.29 is 4.79 Å².